The second-order valence-corrected chi connectivity index (χ2v) is 3.67. The van der Waals surface area contributed by atoms with Crippen LogP contribution in [-0.4, -0.2) is 16.2 Å². The molecule has 5 heteroatoms. The maximum Gasteiger partial charge on any atom is 0.309 e. The number of aliphatic hydroxyl groups is 1. The summed E-state index contributed by atoms with van der Waals surface area (Å²) in [6, 6.07) is 3.72. The van der Waals surface area contributed by atoms with Crippen LogP contribution in [0.2, 0.25) is 5.02 Å². The standard InChI is InChI=1S/C10H10ClFO3/c1-5(10(14)15)9(13)7-3-2-6(11)4-8(7)12/h2-5,9,13H,1H3,(H,14,15). The molecule has 0 bridgehead atoms. The molecule has 0 aliphatic rings. The van der Waals surface area contributed by atoms with Gasteiger partial charge < -0.3 is 10.2 Å². The SMILES string of the molecule is CC(C(=O)O)C(O)c1ccc(Cl)cc1F. The van der Waals surface area contributed by atoms with Gasteiger partial charge >= 0.3 is 5.97 Å². The molecule has 0 aliphatic carbocycles. The molecule has 0 amide bonds. The zero-order chi connectivity index (χ0) is 11.6. The van der Waals surface area contributed by atoms with Crippen LogP contribution in [0.25, 0.3) is 0 Å². The van der Waals surface area contributed by atoms with Gasteiger partial charge in [-0.2, -0.15) is 0 Å². The van der Waals surface area contributed by atoms with Crippen molar-refractivity contribution in [3.05, 3.63) is 34.6 Å². The number of halogens is 2. The third kappa shape index (κ3) is 2.67. The summed E-state index contributed by atoms with van der Waals surface area (Å²) in [5, 5.41) is 18.4. The Morgan fingerprint density at radius 1 is 1.53 bits per heavy atom. The first kappa shape index (κ1) is 11.9. The Morgan fingerprint density at radius 2 is 2.13 bits per heavy atom. The molecule has 82 valence electrons. The van der Waals surface area contributed by atoms with Crippen molar-refractivity contribution in [1.29, 1.82) is 0 Å². The van der Waals surface area contributed by atoms with Crippen LogP contribution in [-0.2, 0) is 4.79 Å². The predicted molar refractivity (Wildman–Crippen MR) is 53.2 cm³/mol. The van der Waals surface area contributed by atoms with Gasteiger partial charge in [-0.3, -0.25) is 4.79 Å². The minimum absolute atomic E-state index is 0.0608. The number of aliphatic hydroxyl groups excluding tert-OH is 1. The van der Waals surface area contributed by atoms with Gasteiger partial charge in [0.1, 0.15) is 5.82 Å². The molecule has 0 spiro atoms. The summed E-state index contributed by atoms with van der Waals surface area (Å²) in [4.78, 5) is 10.6. The maximum absolute atomic E-state index is 13.3. The van der Waals surface area contributed by atoms with Gasteiger partial charge in [-0.05, 0) is 19.1 Å². The van der Waals surface area contributed by atoms with Crippen LogP contribution >= 0.6 is 11.6 Å². The molecule has 1 rings (SSSR count). The van der Waals surface area contributed by atoms with Crippen LogP contribution in [0.1, 0.15) is 18.6 Å². The van der Waals surface area contributed by atoms with Crippen LogP contribution in [0.15, 0.2) is 18.2 Å². The fourth-order valence-electron chi connectivity index (χ4n) is 1.15. The minimum Gasteiger partial charge on any atom is -0.481 e. The molecule has 0 heterocycles. The topological polar surface area (TPSA) is 57.5 Å². The van der Waals surface area contributed by atoms with Crippen LogP contribution in [0.5, 0.6) is 0 Å². The van der Waals surface area contributed by atoms with E-state index in [0.717, 1.165) is 6.07 Å². The molecule has 0 saturated carbocycles. The molecular formula is C10H10ClFO3. The van der Waals surface area contributed by atoms with E-state index in [1.807, 2.05) is 0 Å². The van der Waals surface area contributed by atoms with E-state index in [1.54, 1.807) is 0 Å². The van der Waals surface area contributed by atoms with E-state index in [1.165, 1.54) is 19.1 Å². The first-order valence-corrected chi connectivity index (χ1v) is 4.67. The molecule has 2 N–H and O–H groups in total. The van der Waals surface area contributed by atoms with Crippen molar-refractivity contribution in [2.24, 2.45) is 5.92 Å². The van der Waals surface area contributed by atoms with Crippen molar-refractivity contribution in [3.8, 4) is 0 Å². The monoisotopic (exact) mass is 232 g/mol. The summed E-state index contributed by atoms with van der Waals surface area (Å²) >= 11 is 5.53. The van der Waals surface area contributed by atoms with Crippen molar-refractivity contribution in [1.82, 2.24) is 0 Å². The fourth-order valence-corrected chi connectivity index (χ4v) is 1.30. The van der Waals surface area contributed by atoms with E-state index in [2.05, 4.69) is 0 Å². The summed E-state index contributed by atoms with van der Waals surface area (Å²) in [6.45, 7) is 1.31. The lowest BCUT2D eigenvalue weighted by atomic mass is 9.97. The summed E-state index contributed by atoms with van der Waals surface area (Å²) in [7, 11) is 0. The number of carboxylic acids is 1. The molecule has 1 aromatic rings. The third-order valence-corrected chi connectivity index (χ3v) is 2.38. The van der Waals surface area contributed by atoms with Crippen LogP contribution in [0.4, 0.5) is 4.39 Å². The quantitative estimate of drug-likeness (QED) is 0.840. The molecule has 0 fully saturated rings. The van der Waals surface area contributed by atoms with E-state index in [4.69, 9.17) is 16.7 Å². The van der Waals surface area contributed by atoms with Crippen molar-refractivity contribution >= 4 is 17.6 Å². The van der Waals surface area contributed by atoms with E-state index in [0.29, 0.717) is 0 Å². The first-order valence-electron chi connectivity index (χ1n) is 4.29. The average molecular weight is 233 g/mol. The number of carbonyl (C=O) groups is 1. The second-order valence-electron chi connectivity index (χ2n) is 3.24. The van der Waals surface area contributed by atoms with E-state index in [-0.39, 0.29) is 10.6 Å². The molecule has 0 saturated heterocycles. The lowest BCUT2D eigenvalue weighted by Crippen LogP contribution is -2.19. The molecule has 2 unspecified atom stereocenters. The van der Waals surface area contributed by atoms with Crippen molar-refractivity contribution in [2.45, 2.75) is 13.0 Å². The van der Waals surface area contributed by atoms with E-state index < -0.39 is 23.8 Å². The average Bonchev–Trinajstić information content (AvgIpc) is 2.15. The Bertz CT molecular complexity index is 381. The fraction of sp³-hybridized carbons (Fsp3) is 0.300. The normalized spacial score (nSPS) is 14.7. The van der Waals surface area contributed by atoms with Gasteiger partial charge in [0.15, 0.2) is 0 Å². The zero-order valence-electron chi connectivity index (χ0n) is 7.95. The van der Waals surface area contributed by atoms with Crippen LogP contribution < -0.4 is 0 Å². The number of carboxylic acid groups (broad SMARTS) is 1. The lowest BCUT2D eigenvalue weighted by Gasteiger charge is -2.15. The minimum atomic E-state index is -1.38. The summed E-state index contributed by atoms with van der Waals surface area (Å²) in [5.74, 6) is -2.96. The van der Waals surface area contributed by atoms with Gasteiger partial charge in [0, 0.05) is 10.6 Å². The molecule has 3 nitrogen and oxygen atoms in total. The maximum atomic E-state index is 13.3. The molecule has 15 heavy (non-hydrogen) atoms. The number of aliphatic carboxylic acids is 1. The highest BCUT2D eigenvalue weighted by Gasteiger charge is 2.25. The predicted octanol–water partition coefficient (Wildman–Crippen LogP) is 2.23. The summed E-state index contributed by atoms with van der Waals surface area (Å²) in [5.41, 5.74) is -0.0608. The Kier molecular flexibility index (Phi) is 3.66. The van der Waals surface area contributed by atoms with E-state index >= 15 is 0 Å². The number of benzene rings is 1. The zero-order valence-corrected chi connectivity index (χ0v) is 8.70. The van der Waals surface area contributed by atoms with Crippen molar-refractivity contribution in [3.63, 3.8) is 0 Å². The Morgan fingerprint density at radius 3 is 2.60 bits per heavy atom. The van der Waals surface area contributed by atoms with Gasteiger partial charge in [-0.15, -0.1) is 0 Å². The Hall–Kier alpha value is -1.13. The van der Waals surface area contributed by atoms with Crippen LogP contribution in [0.3, 0.4) is 0 Å². The summed E-state index contributed by atoms with van der Waals surface area (Å²) in [6.07, 6.45) is -1.38. The van der Waals surface area contributed by atoms with Gasteiger partial charge in [-0.1, -0.05) is 17.7 Å². The molecule has 0 radical (unpaired) electrons. The van der Waals surface area contributed by atoms with Gasteiger partial charge in [0.25, 0.3) is 0 Å². The molecule has 2 atom stereocenters. The molecular weight excluding hydrogens is 223 g/mol. The smallest absolute Gasteiger partial charge is 0.309 e. The van der Waals surface area contributed by atoms with Crippen LogP contribution in [0, 0.1) is 11.7 Å². The van der Waals surface area contributed by atoms with Crippen molar-refractivity contribution in [2.75, 3.05) is 0 Å². The first-order chi connectivity index (χ1) is 6.93. The van der Waals surface area contributed by atoms with Crippen molar-refractivity contribution < 1.29 is 19.4 Å². The molecule has 0 aliphatic heterocycles. The third-order valence-electron chi connectivity index (χ3n) is 2.14. The van der Waals surface area contributed by atoms with E-state index in [9.17, 15) is 14.3 Å². The second kappa shape index (κ2) is 4.59. The number of hydrogen-bond acceptors (Lipinski definition) is 2. The van der Waals surface area contributed by atoms with Gasteiger partial charge in [0.2, 0.25) is 0 Å². The molecule has 1 aromatic carbocycles. The highest BCUT2D eigenvalue weighted by atomic mass is 35.5. The highest BCUT2D eigenvalue weighted by Crippen LogP contribution is 2.26. The van der Waals surface area contributed by atoms with Gasteiger partial charge in [-0.25, -0.2) is 4.39 Å². The number of hydrogen-bond donors (Lipinski definition) is 2. The lowest BCUT2D eigenvalue weighted by molar-refractivity contribution is -0.145. The Balaban J connectivity index is 3.01. The molecule has 0 aromatic heterocycles. The summed E-state index contributed by atoms with van der Waals surface area (Å²) < 4.78 is 13.3. The Labute approximate surface area is 91.1 Å². The van der Waals surface area contributed by atoms with Gasteiger partial charge in [0.05, 0.1) is 12.0 Å². The largest absolute Gasteiger partial charge is 0.481 e. The highest BCUT2D eigenvalue weighted by molar-refractivity contribution is 6.30. The number of rotatable bonds is 3.